The topological polar surface area (TPSA) is 38.7 Å². The Bertz CT molecular complexity index is 654. The molecule has 0 fully saturated rings. The van der Waals surface area contributed by atoms with Crippen molar-refractivity contribution in [3.8, 4) is 0 Å². The number of ether oxygens (including phenoxy) is 1. The standard InChI is InChI=1S/C15H11Cl2NO2/c1-20-15(14(19)10-5-3-2-4-6-10)18-11-7-8-12(16)13(17)9-11/h2-9H,1H3. The Morgan fingerprint density at radius 2 is 1.75 bits per heavy atom. The predicted molar refractivity (Wildman–Crippen MR) is 81.3 cm³/mol. The van der Waals surface area contributed by atoms with Crippen LogP contribution in [-0.4, -0.2) is 18.8 Å². The van der Waals surface area contributed by atoms with Gasteiger partial charge in [0.1, 0.15) is 0 Å². The van der Waals surface area contributed by atoms with Crippen molar-refractivity contribution >= 4 is 40.6 Å². The van der Waals surface area contributed by atoms with Gasteiger partial charge < -0.3 is 4.74 Å². The lowest BCUT2D eigenvalue weighted by molar-refractivity contribution is 0.103. The minimum atomic E-state index is -0.292. The van der Waals surface area contributed by atoms with Crippen LogP contribution in [-0.2, 0) is 4.74 Å². The zero-order valence-electron chi connectivity index (χ0n) is 10.6. The van der Waals surface area contributed by atoms with Crippen molar-refractivity contribution in [1.29, 1.82) is 0 Å². The van der Waals surface area contributed by atoms with Gasteiger partial charge in [-0.05, 0) is 18.2 Å². The van der Waals surface area contributed by atoms with Gasteiger partial charge in [-0.3, -0.25) is 4.79 Å². The number of carbonyl (C=O) groups is 1. The summed E-state index contributed by atoms with van der Waals surface area (Å²) in [4.78, 5) is 16.4. The largest absolute Gasteiger partial charge is 0.478 e. The first-order valence-electron chi connectivity index (χ1n) is 5.79. The van der Waals surface area contributed by atoms with E-state index in [1.807, 2.05) is 6.07 Å². The van der Waals surface area contributed by atoms with E-state index in [9.17, 15) is 4.79 Å². The van der Waals surface area contributed by atoms with Crippen LogP contribution < -0.4 is 0 Å². The van der Waals surface area contributed by atoms with Gasteiger partial charge in [0.2, 0.25) is 5.78 Å². The zero-order valence-corrected chi connectivity index (χ0v) is 12.2. The molecule has 0 unspecified atom stereocenters. The number of hydrogen-bond donors (Lipinski definition) is 0. The quantitative estimate of drug-likeness (QED) is 0.474. The Morgan fingerprint density at radius 1 is 1.05 bits per heavy atom. The average molecular weight is 308 g/mol. The van der Waals surface area contributed by atoms with Crippen LogP contribution in [0, 0.1) is 0 Å². The number of hydrogen-bond acceptors (Lipinski definition) is 3. The maximum atomic E-state index is 12.2. The molecule has 0 aliphatic heterocycles. The molecule has 0 N–H and O–H groups in total. The number of nitrogens with zero attached hydrogens (tertiary/aromatic N) is 1. The fourth-order valence-electron chi connectivity index (χ4n) is 1.57. The highest BCUT2D eigenvalue weighted by molar-refractivity contribution is 6.43. The molecule has 0 atom stereocenters. The van der Waals surface area contributed by atoms with Crippen molar-refractivity contribution in [2.45, 2.75) is 0 Å². The van der Waals surface area contributed by atoms with Crippen LogP contribution in [0.25, 0.3) is 0 Å². The highest BCUT2D eigenvalue weighted by atomic mass is 35.5. The highest BCUT2D eigenvalue weighted by Gasteiger charge is 2.14. The van der Waals surface area contributed by atoms with Crippen molar-refractivity contribution < 1.29 is 9.53 Å². The molecule has 2 aromatic carbocycles. The summed E-state index contributed by atoms with van der Waals surface area (Å²) in [6.45, 7) is 0. The van der Waals surface area contributed by atoms with E-state index in [0.29, 0.717) is 21.3 Å². The van der Waals surface area contributed by atoms with Gasteiger partial charge in [-0.25, -0.2) is 4.99 Å². The second-order valence-corrected chi connectivity index (χ2v) is 4.73. The molecule has 102 valence electrons. The van der Waals surface area contributed by atoms with Crippen molar-refractivity contribution in [3.63, 3.8) is 0 Å². The summed E-state index contributed by atoms with van der Waals surface area (Å²) in [5, 5.41) is 0.800. The summed E-state index contributed by atoms with van der Waals surface area (Å²) in [6.07, 6.45) is 0. The monoisotopic (exact) mass is 307 g/mol. The van der Waals surface area contributed by atoms with Gasteiger partial charge in [0.05, 0.1) is 22.8 Å². The Morgan fingerprint density at radius 3 is 2.35 bits per heavy atom. The van der Waals surface area contributed by atoms with Gasteiger partial charge in [0.15, 0.2) is 0 Å². The third-order valence-corrected chi connectivity index (χ3v) is 3.30. The number of carbonyl (C=O) groups excluding carboxylic acids is 1. The van der Waals surface area contributed by atoms with Crippen molar-refractivity contribution in [1.82, 2.24) is 0 Å². The van der Waals surface area contributed by atoms with Gasteiger partial charge in [-0.2, -0.15) is 0 Å². The Labute approximate surface area is 126 Å². The molecule has 0 bridgehead atoms. The minimum absolute atomic E-state index is 0.00501. The molecule has 0 saturated carbocycles. The molecule has 20 heavy (non-hydrogen) atoms. The van der Waals surface area contributed by atoms with E-state index in [4.69, 9.17) is 27.9 Å². The van der Waals surface area contributed by atoms with E-state index in [-0.39, 0.29) is 11.7 Å². The smallest absolute Gasteiger partial charge is 0.263 e. The second kappa shape index (κ2) is 6.55. The first-order valence-corrected chi connectivity index (χ1v) is 6.55. The minimum Gasteiger partial charge on any atom is -0.478 e. The molecule has 0 spiro atoms. The van der Waals surface area contributed by atoms with Crippen LogP contribution in [0.15, 0.2) is 53.5 Å². The lowest BCUT2D eigenvalue weighted by Gasteiger charge is -2.05. The number of ketones is 1. The highest BCUT2D eigenvalue weighted by Crippen LogP contribution is 2.26. The van der Waals surface area contributed by atoms with E-state index in [1.54, 1.807) is 42.5 Å². The number of Topliss-reactive ketones (excluding diaryl/α,β-unsaturated/α-hetero) is 1. The number of benzene rings is 2. The molecule has 0 heterocycles. The maximum Gasteiger partial charge on any atom is 0.263 e. The SMILES string of the molecule is COC(=Nc1ccc(Cl)c(Cl)c1)C(=O)c1ccccc1. The third-order valence-electron chi connectivity index (χ3n) is 2.56. The Kier molecular flexibility index (Phi) is 4.77. The average Bonchev–Trinajstić information content (AvgIpc) is 2.48. The van der Waals surface area contributed by atoms with Crippen LogP contribution in [0.5, 0.6) is 0 Å². The summed E-state index contributed by atoms with van der Waals surface area (Å²) in [7, 11) is 1.40. The summed E-state index contributed by atoms with van der Waals surface area (Å²) in [5.74, 6) is -0.297. The first-order chi connectivity index (χ1) is 9.61. The number of halogens is 2. The van der Waals surface area contributed by atoms with E-state index in [2.05, 4.69) is 4.99 Å². The Hall–Kier alpha value is -1.84. The molecule has 3 nitrogen and oxygen atoms in total. The molecular weight excluding hydrogens is 297 g/mol. The molecule has 0 saturated heterocycles. The summed E-state index contributed by atoms with van der Waals surface area (Å²) in [6, 6.07) is 13.6. The van der Waals surface area contributed by atoms with E-state index >= 15 is 0 Å². The van der Waals surface area contributed by atoms with Crippen LogP contribution in [0.4, 0.5) is 5.69 Å². The third kappa shape index (κ3) is 3.38. The number of rotatable bonds is 3. The fourth-order valence-corrected chi connectivity index (χ4v) is 1.87. The summed E-state index contributed by atoms with van der Waals surface area (Å²) >= 11 is 11.7. The molecule has 0 aromatic heterocycles. The lowest BCUT2D eigenvalue weighted by atomic mass is 10.1. The van der Waals surface area contributed by atoms with Gasteiger partial charge >= 0.3 is 0 Å². The molecule has 2 rings (SSSR count). The van der Waals surface area contributed by atoms with Gasteiger partial charge in [-0.1, -0.05) is 53.5 Å². The number of aliphatic imine (C=N–C) groups is 1. The normalized spacial score (nSPS) is 11.2. The summed E-state index contributed by atoms with van der Waals surface area (Å²) < 4.78 is 5.06. The van der Waals surface area contributed by atoms with Crippen molar-refractivity contribution in [3.05, 3.63) is 64.1 Å². The van der Waals surface area contributed by atoms with Gasteiger partial charge in [0, 0.05) is 5.56 Å². The fraction of sp³-hybridized carbons (Fsp3) is 0.0667. The molecule has 0 aliphatic carbocycles. The van der Waals surface area contributed by atoms with Crippen LogP contribution >= 0.6 is 23.2 Å². The molecule has 0 radical (unpaired) electrons. The first kappa shape index (κ1) is 14.6. The van der Waals surface area contributed by atoms with Crippen LogP contribution in [0.3, 0.4) is 0 Å². The van der Waals surface area contributed by atoms with Crippen LogP contribution in [0.2, 0.25) is 10.0 Å². The number of methoxy groups -OCH3 is 1. The Balaban J connectivity index is 2.34. The molecule has 0 aliphatic rings. The molecular formula is C15H11Cl2NO2. The van der Waals surface area contributed by atoms with E-state index in [1.165, 1.54) is 7.11 Å². The summed E-state index contributed by atoms with van der Waals surface area (Å²) in [5.41, 5.74) is 1.01. The molecule has 5 heteroatoms. The second-order valence-electron chi connectivity index (χ2n) is 3.91. The van der Waals surface area contributed by atoms with E-state index < -0.39 is 0 Å². The van der Waals surface area contributed by atoms with E-state index in [0.717, 1.165) is 0 Å². The zero-order chi connectivity index (χ0) is 14.5. The van der Waals surface area contributed by atoms with Crippen molar-refractivity contribution in [2.75, 3.05) is 7.11 Å². The lowest BCUT2D eigenvalue weighted by Crippen LogP contribution is -2.16. The van der Waals surface area contributed by atoms with Gasteiger partial charge in [-0.15, -0.1) is 0 Å². The molecule has 0 amide bonds. The molecule has 2 aromatic rings. The predicted octanol–water partition coefficient (Wildman–Crippen LogP) is 4.55. The van der Waals surface area contributed by atoms with Gasteiger partial charge in [0.25, 0.3) is 5.90 Å². The maximum absolute atomic E-state index is 12.2. The van der Waals surface area contributed by atoms with Crippen molar-refractivity contribution in [2.24, 2.45) is 4.99 Å². The van der Waals surface area contributed by atoms with Crippen LogP contribution in [0.1, 0.15) is 10.4 Å².